The van der Waals surface area contributed by atoms with Crippen LogP contribution in [0, 0.1) is 0 Å². The number of nitrogens with one attached hydrogen (secondary N) is 2. The summed E-state index contributed by atoms with van der Waals surface area (Å²) in [6, 6.07) is 21.4. The first kappa shape index (κ1) is 32.2. The van der Waals surface area contributed by atoms with Gasteiger partial charge in [0.25, 0.3) is 5.56 Å². The summed E-state index contributed by atoms with van der Waals surface area (Å²) in [6.45, 7) is 2.64. The minimum Gasteiger partial charge on any atom is -0.383 e. The zero-order valence-electron chi connectivity index (χ0n) is 24.9. The Labute approximate surface area is 266 Å². The molecule has 4 aromatic rings. The number of anilines is 2. The third kappa shape index (κ3) is 7.71. The standard InChI is InChI=1S/C34H37Cl2F3N4O/c1-3-4-15-40-30-19-24(32(22-5-9-25(35)10-6-22)23-7-11-26(36)12-8-23)18-28-29(20-31(44)42(2)33(28)30)41-27-13-16-43(17-14-27)21-34(37,38)39/h5-12,18-20,27,32,40-41H,3-4,13-17,21H2,1-2H3. The topological polar surface area (TPSA) is 49.3 Å². The molecule has 5 nitrogen and oxygen atoms in total. The fourth-order valence-electron chi connectivity index (χ4n) is 6.05. The van der Waals surface area contributed by atoms with Crippen LogP contribution in [0.3, 0.4) is 0 Å². The number of halogens is 5. The molecule has 0 amide bonds. The van der Waals surface area contributed by atoms with E-state index >= 15 is 0 Å². The molecule has 0 radical (unpaired) electrons. The number of fused-ring (bicyclic) bond motifs is 1. The summed E-state index contributed by atoms with van der Waals surface area (Å²) in [5.74, 6) is -0.156. The van der Waals surface area contributed by atoms with E-state index in [4.69, 9.17) is 23.2 Å². The minimum atomic E-state index is -4.22. The van der Waals surface area contributed by atoms with Crippen LogP contribution in [0.25, 0.3) is 10.9 Å². The van der Waals surface area contributed by atoms with Crippen molar-refractivity contribution in [1.82, 2.24) is 9.47 Å². The van der Waals surface area contributed by atoms with Gasteiger partial charge in [-0.2, -0.15) is 13.2 Å². The molecule has 0 atom stereocenters. The SMILES string of the molecule is CCCCNc1cc(C(c2ccc(Cl)cc2)c2ccc(Cl)cc2)cc2c(NC3CCN(CC(F)(F)F)CC3)cc(=O)n(C)c12. The number of hydrogen-bond donors (Lipinski definition) is 2. The van der Waals surface area contributed by atoms with Crippen LogP contribution in [0.4, 0.5) is 24.5 Å². The molecule has 0 bridgehead atoms. The van der Waals surface area contributed by atoms with Crippen molar-refractivity contribution < 1.29 is 13.2 Å². The summed E-state index contributed by atoms with van der Waals surface area (Å²) < 4.78 is 40.5. The molecule has 234 valence electrons. The Balaban J connectivity index is 1.62. The van der Waals surface area contributed by atoms with Gasteiger partial charge in [-0.05, 0) is 72.4 Å². The van der Waals surface area contributed by atoms with E-state index in [0.717, 1.165) is 52.7 Å². The number of alkyl halides is 3. The Morgan fingerprint density at radius 3 is 2.02 bits per heavy atom. The van der Waals surface area contributed by atoms with Gasteiger partial charge in [-0.15, -0.1) is 0 Å². The molecule has 1 aromatic heterocycles. The number of nitrogens with zero attached hydrogens (tertiary/aromatic N) is 2. The molecule has 0 aliphatic carbocycles. The maximum absolute atomic E-state index is 13.2. The molecule has 0 spiro atoms. The maximum Gasteiger partial charge on any atom is 0.401 e. The van der Waals surface area contributed by atoms with Crippen molar-refractivity contribution in [3.8, 4) is 0 Å². The number of piperidine rings is 1. The van der Waals surface area contributed by atoms with E-state index in [1.54, 1.807) is 17.7 Å². The highest BCUT2D eigenvalue weighted by molar-refractivity contribution is 6.30. The summed E-state index contributed by atoms with van der Waals surface area (Å²) in [4.78, 5) is 14.7. The first-order valence-corrected chi connectivity index (χ1v) is 15.8. The van der Waals surface area contributed by atoms with Gasteiger partial charge in [-0.1, -0.05) is 60.8 Å². The van der Waals surface area contributed by atoms with Crippen molar-refractivity contribution in [1.29, 1.82) is 0 Å². The fourth-order valence-corrected chi connectivity index (χ4v) is 6.30. The lowest BCUT2D eigenvalue weighted by Crippen LogP contribution is -2.43. The highest BCUT2D eigenvalue weighted by Crippen LogP contribution is 2.39. The molecule has 0 saturated carbocycles. The largest absolute Gasteiger partial charge is 0.401 e. The second-order valence-corrected chi connectivity index (χ2v) is 12.4. The Bertz CT molecular complexity index is 1590. The molecular weight excluding hydrogens is 608 g/mol. The number of rotatable bonds is 10. The quantitative estimate of drug-likeness (QED) is 0.134. The van der Waals surface area contributed by atoms with Crippen molar-refractivity contribution >= 4 is 45.5 Å². The molecule has 2 heterocycles. The predicted molar refractivity (Wildman–Crippen MR) is 176 cm³/mol. The van der Waals surface area contributed by atoms with Crippen LogP contribution in [0.5, 0.6) is 0 Å². The monoisotopic (exact) mass is 644 g/mol. The molecule has 1 aliphatic rings. The van der Waals surface area contributed by atoms with Crippen molar-refractivity contribution in [3.05, 3.63) is 104 Å². The lowest BCUT2D eigenvalue weighted by molar-refractivity contribution is -0.147. The lowest BCUT2D eigenvalue weighted by Gasteiger charge is -2.33. The van der Waals surface area contributed by atoms with E-state index < -0.39 is 12.7 Å². The number of unbranched alkanes of at least 4 members (excludes halogenated alkanes) is 1. The Hall–Kier alpha value is -3.20. The van der Waals surface area contributed by atoms with E-state index in [9.17, 15) is 18.0 Å². The van der Waals surface area contributed by atoms with Crippen LogP contribution >= 0.6 is 23.2 Å². The number of hydrogen-bond acceptors (Lipinski definition) is 4. The van der Waals surface area contributed by atoms with Gasteiger partial charge in [0.05, 0.1) is 17.7 Å². The van der Waals surface area contributed by atoms with Gasteiger partial charge < -0.3 is 15.2 Å². The molecule has 2 N–H and O–H groups in total. The number of benzene rings is 3. The van der Waals surface area contributed by atoms with Crippen molar-refractivity contribution in [2.45, 2.75) is 50.7 Å². The lowest BCUT2D eigenvalue weighted by atomic mass is 9.84. The molecule has 3 aromatic carbocycles. The molecule has 44 heavy (non-hydrogen) atoms. The third-order valence-electron chi connectivity index (χ3n) is 8.29. The normalized spacial score (nSPS) is 14.8. The number of likely N-dealkylation sites (tertiary alicyclic amines) is 1. The van der Waals surface area contributed by atoms with Crippen LogP contribution in [0.1, 0.15) is 55.2 Å². The smallest absolute Gasteiger partial charge is 0.383 e. The van der Waals surface area contributed by atoms with Crippen LogP contribution in [-0.4, -0.2) is 47.9 Å². The highest BCUT2D eigenvalue weighted by Gasteiger charge is 2.32. The third-order valence-corrected chi connectivity index (χ3v) is 8.80. The second kappa shape index (κ2) is 13.8. The number of pyridine rings is 1. The molecule has 1 aliphatic heterocycles. The molecule has 0 unspecified atom stereocenters. The van der Waals surface area contributed by atoms with E-state index in [1.165, 1.54) is 4.90 Å². The van der Waals surface area contributed by atoms with Gasteiger partial charge in [-0.25, -0.2) is 0 Å². The summed E-state index contributed by atoms with van der Waals surface area (Å²) in [5, 5.41) is 9.30. The van der Waals surface area contributed by atoms with E-state index in [-0.39, 0.29) is 17.5 Å². The van der Waals surface area contributed by atoms with Gasteiger partial charge in [0.15, 0.2) is 0 Å². The van der Waals surface area contributed by atoms with E-state index in [2.05, 4.69) is 29.7 Å². The Morgan fingerprint density at radius 1 is 0.886 bits per heavy atom. The number of aryl methyl sites for hydroxylation is 1. The first-order chi connectivity index (χ1) is 21.0. The van der Waals surface area contributed by atoms with Gasteiger partial charge >= 0.3 is 6.18 Å². The summed E-state index contributed by atoms with van der Waals surface area (Å²) >= 11 is 12.5. The second-order valence-electron chi connectivity index (χ2n) is 11.5. The predicted octanol–water partition coefficient (Wildman–Crippen LogP) is 8.68. The summed E-state index contributed by atoms with van der Waals surface area (Å²) in [6.07, 6.45) is -1.14. The van der Waals surface area contributed by atoms with Crippen LogP contribution in [0.15, 0.2) is 71.5 Å². The Morgan fingerprint density at radius 2 is 1.48 bits per heavy atom. The Kier molecular flexibility index (Phi) is 10.1. The zero-order valence-corrected chi connectivity index (χ0v) is 26.4. The summed E-state index contributed by atoms with van der Waals surface area (Å²) in [7, 11) is 1.77. The van der Waals surface area contributed by atoms with Gasteiger partial charge in [-0.3, -0.25) is 9.69 Å². The van der Waals surface area contributed by atoms with Crippen LogP contribution in [-0.2, 0) is 7.05 Å². The van der Waals surface area contributed by atoms with Crippen molar-refractivity contribution in [3.63, 3.8) is 0 Å². The molecule has 1 fully saturated rings. The summed E-state index contributed by atoms with van der Waals surface area (Å²) in [5.41, 5.74) is 5.26. The van der Waals surface area contributed by atoms with E-state index in [1.807, 2.05) is 48.5 Å². The number of aromatic nitrogens is 1. The average molecular weight is 646 g/mol. The van der Waals surface area contributed by atoms with Crippen LogP contribution < -0.4 is 16.2 Å². The average Bonchev–Trinajstić information content (AvgIpc) is 2.98. The molecular formula is C34H37Cl2F3N4O. The molecule has 10 heteroatoms. The van der Waals surface area contributed by atoms with Gasteiger partial charge in [0, 0.05) is 65.8 Å². The maximum atomic E-state index is 13.2. The fraction of sp³-hybridized carbons (Fsp3) is 0.382. The molecule has 1 saturated heterocycles. The van der Waals surface area contributed by atoms with Gasteiger partial charge in [0.2, 0.25) is 0 Å². The van der Waals surface area contributed by atoms with E-state index in [0.29, 0.717) is 41.7 Å². The minimum absolute atomic E-state index is 0.0572. The van der Waals surface area contributed by atoms with Crippen molar-refractivity contribution in [2.24, 2.45) is 7.05 Å². The zero-order chi connectivity index (χ0) is 31.4. The van der Waals surface area contributed by atoms with Crippen LogP contribution in [0.2, 0.25) is 10.0 Å². The first-order valence-electron chi connectivity index (χ1n) is 15.0. The molecule has 5 rings (SSSR count). The van der Waals surface area contributed by atoms with Crippen molar-refractivity contribution in [2.75, 3.05) is 36.8 Å². The highest BCUT2D eigenvalue weighted by atomic mass is 35.5. The van der Waals surface area contributed by atoms with Gasteiger partial charge in [0.1, 0.15) is 0 Å².